The topological polar surface area (TPSA) is 93.2 Å². The van der Waals surface area contributed by atoms with Crippen LogP contribution in [0.25, 0.3) is 0 Å². The fraction of sp³-hybridized carbons (Fsp3) is 0.360. The van der Waals surface area contributed by atoms with Crippen LogP contribution in [-0.4, -0.2) is 61.7 Å². The molecule has 2 amide bonds. The van der Waals surface area contributed by atoms with Crippen LogP contribution in [0.4, 0.5) is 9.59 Å². The molecule has 0 N–H and O–H groups in total. The van der Waals surface area contributed by atoms with Gasteiger partial charge in [-0.15, -0.1) is 0 Å². The molecule has 0 fully saturated rings. The van der Waals surface area contributed by atoms with Crippen LogP contribution in [0.3, 0.4) is 0 Å². The molecule has 0 spiro atoms. The molecule has 0 saturated carbocycles. The zero-order chi connectivity index (χ0) is 24.5. The number of benzene rings is 2. The van der Waals surface area contributed by atoms with E-state index in [0.717, 1.165) is 10.5 Å². The molecule has 8 nitrogen and oxygen atoms in total. The molecule has 3 rings (SSSR count). The molecule has 2 aromatic carbocycles. The number of nitrogens with zero attached hydrogens (tertiary/aromatic N) is 2. The van der Waals surface area contributed by atoms with Crippen molar-refractivity contribution in [3.8, 4) is 5.75 Å². The highest BCUT2D eigenvalue weighted by Gasteiger charge is 2.56. The van der Waals surface area contributed by atoms with Crippen LogP contribution in [-0.2, 0) is 21.6 Å². The van der Waals surface area contributed by atoms with E-state index in [1.807, 2.05) is 13.8 Å². The summed E-state index contributed by atoms with van der Waals surface area (Å²) in [6, 6.07) is 11.6. The number of carbonyl (C=O) groups is 4. The predicted octanol–water partition coefficient (Wildman–Crippen LogP) is 3.77. The summed E-state index contributed by atoms with van der Waals surface area (Å²) in [5.41, 5.74) is -0.615. The highest BCUT2D eigenvalue weighted by molar-refractivity contribution is 6.23. The number of ketones is 2. The highest BCUT2D eigenvalue weighted by Crippen LogP contribution is 2.43. The zero-order valence-electron chi connectivity index (χ0n) is 19.7. The van der Waals surface area contributed by atoms with Gasteiger partial charge in [0.2, 0.25) is 5.78 Å². The van der Waals surface area contributed by atoms with Gasteiger partial charge in [-0.2, -0.15) is 0 Å². The van der Waals surface area contributed by atoms with Gasteiger partial charge in [0.1, 0.15) is 5.75 Å². The summed E-state index contributed by atoms with van der Waals surface area (Å²) in [6.07, 6.45) is -1.67. The lowest BCUT2D eigenvalue weighted by Crippen LogP contribution is -2.53. The summed E-state index contributed by atoms with van der Waals surface area (Å²) in [4.78, 5) is 54.9. The summed E-state index contributed by atoms with van der Waals surface area (Å²) in [5.74, 6) is -1.22. The van der Waals surface area contributed by atoms with Gasteiger partial charge >= 0.3 is 12.2 Å². The third kappa shape index (κ3) is 4.33. The molecule has 2 aromatic rings. The number of rotatable bonds is 4. The molecule has 0 saturated heterocycles. The Bertz CT molecular complexity index is 1120. The maximum atomic E-state index is 13.8. The summed E-state index contributed by atoms with van der Waals surface area (Å²) in [7, 11) is 5.94. The largest absolute Gasteiger partial charge is 0.421 e. The summed E-state index contributed by atoms with van der Waals surface area (Å²) < 4.78 is 11.3. The second kappa shape index (κ2) is 9.05. The summed E-state index contributed by atoms with van der Waals surface area (Å²) in [5, 5.41) is 0. The van der Waals surface area contributed by atoms with Gasteiger partial charge in [0.25, 0.3) is 5.60 Å². The number of ether oxygens (including phenoxy) is 2. The molecule has 0 radical (unpaired) electrons. The molecule has 1 unspecified atom stereocenters. The van der Waals surface area contributed by atoms with E-state index in [1.54, 1.807) is 36.4 Å². The molecule has 33 heavy (non-hydrogen) atoms. The Morgan fingerprint density at radius 3 is 2.18 bits per heavy atom. The Morgan fingerprint density at radius 2 is 1.58 bits per heavy atom. The number of Topliss-reactive ketones (excluding diaryl/α,β-unsaturated/α-hetero) is 2. The number of carbonyl (C=O) groups excluding carboxylic acids is 4. The summed E-state index contributed by atoms with van der Waals surface area (Å²) >= 11 is 0. The van der Waals surface area contributed by atoms with E-state index in [0.29, 0.717) is 5.56 Å². The van der Waals surface area contributed by atoms with Crippen molar-refractivity contribution in [3.05, 3.63) is 64.7 Å². The molecule has 0 heterocycles. The van der Waals surface area contributed by atoms with Crippen LogP contribution in [0, 0.1) is 0 Å². The van der Waals surface area contributed by atoms with E-state index < -0.39 is 29.4 Å². The van der Waals surface area contributed by atoms with E-state index in [2.05, 4.69) is 0 Å². The highest BCUT2D eigenvalue weighted by atomic mass is 16.6. The molecule has 0 bridgehead atoms. The molecule has 0 aromatic heterocycles. The fourth-order valence-electron chi connectivity index (χ4n) is 3.62. The third-order valence-corrected chi connectivity index (χ3v) is 5.55. The number of hydrogen-bond acceptors (Lipinski definition) is 6. The lowest BCUT2D eigenvalue weighted by atomic mass is 9.73. The van der Waals surface area contributed by atoms with Crippen LogP contribution >= 0.6 is 0 Å². The molecule has 1 aliphatic carbocycles. The Morgan fingerprint density at radius 1 is 0.939 bits per heavy atom. The Labute approximate surface area is 193 Å². The smallest absolute Gasteiger partial charge is 0.414 e. The Balaban J connectivity index is 2.30. The lowest BCUT2D eigenvalue weighted by Gasteiger charge is -2.36. The predicted molar refractivity (Wildman–Crippen MR) is 122 cm³/mol. The average Bonchev–Trinajstić information content (AvgIpc) is 2.76. The van der Waals surface area contributed by atoms with E-state index in [-0.39, 0.29) is 29.2 Å². The van der Waals surface area contributed by atoms with Gasteiger partial charge < -0.3 is 19.3 Å². The minimum atomic E-state index is -2.28. The van der Waals surface area contributed by atoms with Crippen molar-refractivity contribution in [1.82, 2.24) is 9.80 Å². The van der Waals surface area contributed by atoms with Crippen molar-refractivity contribution in [3.63, 3.8) is 0 Å². The van der Waals surface area contributed by atoms with E-state index in [1.165, 1.54) is 39.2 Å². The van der Waals surface area contributed by atoms with Crippen LogP contribution in [0.1, 0.15) is 46.8 Å². The Kier molecular flexibility index (Phi) is 6.58. The number of fused-ring (bicyclic) bond motifs is 1. The van der Waals surface area contributed by atoms with Crippen molar-refractivity contribution in [2.24, 2.45) is 0 Å². The quantitative estimate of drug-likeness (QED) is 0.656. The van der Waals surface area contributed by atoms with Crippen molar-refractivity contribution in [2.75, 3.05) is 28.2 Å². The van der Waals surface area contributed by atoms with Gasteiger partial charge in [-0.1, -0.05) is 50.2 Å². The van der Waals surface area contributed by atoms with Crippen molar-refractivity contribution >= 4 is 23.8 Å². The molecule has 174 valence electrons. The van der Waals surface area contributed by atoms with Gasteiger partial charge in [0, 0.05) is 40.2 Å². The first kappa shape index (κ1) is 24.0. The van der Waals surface area contributed by atoms with Crippen LogP contribution in [0.2, 0.25) is 0 Å². The SMILES string of the molecule is CC(C)c1ccc(C2(OC(=O)N(C)C)C(=O)Cc3ccccc3C2=O)c(OC(=O)N(C)C)c1. The van der Waals surface area contributed by atoms with E-state index in [4.69, 9.17) is 9.47 Å². The van der Waals surface area contributed by atoms with Gasteiger partial charge in [0.15, 0.2) is 5.78 Å². The minimum Gasteiger partial charge on any atom is -0.421 e. The van der Waals surface area contributed by atoms with Crippen molar-refractivity contribution < 1.29 is 28.7 Å². The molecule has 1 atom stereocenters. The van der Waals surface area contributed by atoms with Gasteiger partial charge in [-0.3, -0.25) is 9.59 Å². The maximum absolute atomic E-state index is 13.8. The minimum absolute atomic E-state index is 0.00691. The van der Waals surface area contributed by atoms with Gasteiger partial charge in [0.05, 0.1) is 5.56 Å². The summed E-state index contributed by atoms with van der Waals surface area (Å²) in [6.45, 7) is 3.92. The maximum Gasteiger partial charge on any atom is 0.414 e. The normalized spacial score (nSPS) is 17.4. The van der Waals surface area contributed by atoms with E-state index in [9.17, 15) is 19.2 Å². The average molecular weight is 453 g/mol. The second-order valence-electron chi connectivity index (χ2n) is 8.70. The fourth-order valence-corrected chi connectivity index (χ4v) is 3.62. The molecule has 0 aliphatic heterocycles. The standard InChI is InChI=1S/C25H28N2O6/c1-15(2)16-11-12-19(20(13-16)32-23(30)26(3)4)25(33-24(31)27(5)6)21(28)14-17-9-7-8-10-18(17)22(25)29/h7-13,15H,14H2,1-6H3. The van der Waals surface area contributed by atoms with Crippen molar-refractivity contribution in [2.45, 2.75) is 31.8 Å². The van der Waals surface area contributed by atoms with Crippen LogP contribution in [0.5, 0.6) is 5.75 Å². The molecule has 8 heteroatoms. The lowest BCUT2D eigenvalue weighted by molar-refractivity contribution is -0.134. The number of hydrogen-bond donors (Lipinski definition) is 0. The third-order valence-electron chi connectivity index (χ3n) is 5.55. The molecular formula is C25H28N2O6. The molecular weight excluding hydrogens is 424 g/mol. The Hall–Kier alpha value is -3.68. The number of amides is 2. The second-order valence-corrected chi connectivity index (χ2v) is 8.70. The monoisotopic (exact) mass is 452 g/mol. The first-order chi connectivity index (χ1) is 15.5. The van der Waals surface area contributed by atoms with Crippen LogP contribution in [0.15, 0.2) is 42.5 Å². The van der Waals surface area contributed by atoms with Gasteiger partial charge in [-0.25, -0.2) is 9.59 Å². The molecule has 1 aliphatic rings. The first-order valence-electron chi connectivity index (χ1n) is 10.6. The first-order valence-corrected chi connectivity index (χ1v) is 10.6. The van der Waals surface area contributed by atoms with Crippen LogP contribution < -0.4 is 4.74 Å². The van der Waals surface area contributed by atoms with Crippen molar-refractivity contribution in [1.29, 1.82) is 0 Å². The zero-order valence-corrected chi connectivity index (χ0v) is 19.7. The van der Waals surface area contributed by atoms with Gasteiger partial charge in [-0.05, 0) is 23.1 Å². The van der Waals surface area contributed by atoms with E-state index >= 15 is 0 Å².